The maximum atomic E-state index is 10.6. The van der Waals surface area contributed by atoms with Crippen molar-refractivity contribution in [3.05, 3.63) is 30.3 Å². The molecular weight excluding hydrogens is 153 g/mol. The Hall–Kier alpha value is 0.357. The summed E-state index contributed by atoms with van der Waals surface area (Å²) >= 11 is 0. The predicted molar refractivity (Wildman–Crippen MR) is 37.4 cm³/mol. The largest absolute Gasteiger partial charge is 1.00 e. The summed E-state index contributed by atoms with van der Waals surface area (Å²) in [5.74, 6) is 0. The van der Waals surface area contributed by atoms with E-state index in [0.29, 0.717) is 0 Å². The van der Waals surface area contributed by atoms with E-state index < -0.39 is 9.20 Å². The van der Waals surface area contributed by atoms with Crippen LogP contribution in [0, 0.1) is 0 Å². The molecule has 2 N–H and O–H groups in total. The van der Waals surface area contributed by atoms with Crippen molar-refractivity contribution in [3.8, 4) is 0 Å². The van der Waals surface area contributed by atoms with Crippen LogP contribution in [0.2, 0.25) is 0 Å². The van der Waals surface area contributed by atoms with E-state index in [9.17, 15) is 4.80 Å². The third kappa shape index (κ3) is 2.96. The summed E-state index contributed by atoms with van der Waals surface area (Å²) in [5, 5.41) is 5.97. The molecule has 1 aromatic carbocycles. The molecule has 48 valence electrons. The second-order valence-electron chi connectivity index (χ2n) is 1.83. The van der Waals surface area contributed by atoms with Gasteiger partial charge < -0.3 is 10.2 Å². The van der Waals surface area contributed by atoms with E-state index in [4.69, 9.17) is 5.40 Å². The van der Waals surface area contributed by atoms with E-state index in [1.165, 1.54) is 0 Å². The molecule has 0 amide bonds. The monoisotopic (exact) mass is 161 g/mol. The fourth-order valence-electron chi connectivity index (χ4n) is 0.643. The Balaban J connectivity index is 0.000000810. The van der Waals surface area contributed by atoms with Crippen LogP contribution in [0.1, 0.15) is 0 Å². The van der Waals surface area contributed by atoms with Gasteiger partial charge in [0.2, 0.25) is 0 Å². The van der Waals surface area contributed by atoms with Gasteiger partial charge in [0.15, 0.2) is 0 Å². The molecule has 0 bridgehead atoms. The van der Waals surface area contributed by atoms with Gasteiger partial charge in [-0.05, 0) is 0 Å². The first-order valence-electron chi connectivity index (χ1n) is 2.77. The zero-order valence-electron chi connectivity index (χ0n) is 5.95. The molecule has 1 rings (SSSR count). The summed E-state index contributed by atoms with van der Waals surface area (Å²) in [6, 6.07) is 9.11. The fraction of sp³-hybridized carbons (Fsp3) is 0. The van der Waals surface area contributed by atoms with E-state index in [0.717, 1.165) is 5.19 Å². The molecule has 0 radical (unpaired) electrons. The van der Waals surface area contributed by atoms with Crippen LogP contribution >= 0.6 is 0 Å². The van der Waals surface area contributed by atoms with Gasteiger partial charge in [0.1, 0.15) is 0 Å². The van der Waals surface area contributed by atoms with Crippen molar-refractivity contribution in [2.24, 2.45) is 5.40 Å². The molecule has 1 atom stereocenters. The Morgan fingerprint density at radius 3 is 2.00 bits per heavy atom. The van der Waals surface area contributed by atoms with Gasteiger partial charge in [0.25, 0.3) is 0 Å². The van der Waals surface area contributed by atoms with Crippen LogP contribution in [0.4, 0.5) is 0 Å². The molecule has 10 heavy (non-hydrogen) atoms. The first kappa shape index (κ1) is 10.4. The van der Waals surface area contributed by atoms with Crippen molar-refractivity contribution < 1.29 is 34.4 Å². The van der Waals surface area contributed by atoms with Gasteiger partial charge in [0.05, 0.1) is 0 Å². The molecule has 0 saturated carbocycles. The fourth-order valence-corrected chi connectivity index (χ4v) is 1.24. The van der Waals surface area contributed by atoms with E-state index in [1.54, 1.807) is 12.1 Å². The van der Waals surface area contributed by atoms with Gasteiger partial charge >= 0.3 is 29.6 Å². The normalized spacial score (nSPS) is 11.8. The standard InChI is InChI=1S/C6H8NOSi.Na/c7-9(8)6-4-2-1-3-5-6;/h1-5,9H,7H2;/q-1;+1. The summed E-state index contributed by atoms with van der Waals surface area (Å²) in [4.78, 5) is 10.6. The van der Waals surface area contributed by atoms with Gasteiger partial charge in [-0.15, -0.1) is 0 Å². The average Bonchev–Trinajstić information content (AvgIpc) is 1.90. The van der Waals surface area contributed by atoms with Gasteiger partial charge in [-0.25, -0.2) is 0 Å². The summed E-state index contributed by atoms with van der Waals surface area (Å²) in [5.41, 5.74) is 0. The third-order valence-electron chi connectivity index (χ3n) is 1.13. The van der Waals surface area contributed by atoms with Gasteiger partial charge in [-0.2, -0.15) is 0 Å². The minimum Gasteiger partial charge on any atom is -0.846 e. The van der Waals surface area contributed by atoms with Crippen molar-refractivity contribution in [2.75, 3.05) is 0 Å². The second kappa shape index (κ2) is 5.07. The van der Waals surface area contributed by atoms with Gasteiger partial charge in [0, 0.05) is 9.20 Å². The smallest absolute Gasteiger partial charge is 0.846 e. The number of benzene rings is 1. The zero-order valence-corrected chi connectivity index (χ0v) is 9.10. The number of rotatable bonds is 1. The number of hydrogen-bond acceptors (Lipinski definition) is 2. The molecule has 4 heteroatoms. The number of nitrogens with two attached hydrogens (primary N) is 1. The maximum absolute atomic E-state index is 10.6. The minimum atomic E-state index is -2.28. The van der Waals surface area contributed by atoms with E-state index in [1.807, 2.05) is 18.2 Å². The van der Waals surface area contributed by atoms with E-state index in [2.05, 4.69) is 0 Å². The van der Waals surface area contributed by atoms with E-state index in [-0.39, 0.29) is 29.6 Å². The van der Waals surface area contributed by atoms with Crippen molar-refractivity contribution >= 4 is 14.4 Å². The van der Waals surface area contributed by atoms with Crippen LogP contribution < -0.4 is 44.9 Å². The van der Waals surface area contributed by atoms with Crippen molar-refractivity contribution in [3.63, 3.8) is 0 Å². The third-order valence-corrected chi connectivity index (χ3v) is 2.17. The molecule has 0 aliphatic carbocycles. The average molecular weight is 161 g/mol. The topological polar surface area (TPSA) is 49.1 Å². The zero-order chi connectivity index (χ0) is 6.69. The molecule has 0 saturated heterocycles. The van der Waals surface area contributed by atoms with Crippen LogP contribution in [0.3, 0.4) is 0 Å². The Bertz CT molecular complexity index is 180. The van der Waals surface area contributed by atoms with Crippen LogP contribution in [0.25, 0.3) is 0 Å². The molecule has 0 aliphatic rings. The Morgan fingerprint density at radius 1 is 1.20 bits per heavy atom. The van der Waals surface area contributed by atoms with Crippen LogP contribution in [0.15, 0.2) is 30.3 Å². The summed E-state index contributed by atoms with van der Waals surface area (Å²) in [6.07, 6.45) is 0. The van der Waals surface area contributed by atoms with Crippen molar-refractivity contribution in [1.82, 2.24) is 0 Å². The summed E-state index contributed by atoms with van der Waals surface area (Å²) in [6.45, 7) is 0. The second-order valence-corrected chi connectivity index (χ2v) is 3.34. The predicted octanol–water partition coefficient (Wildman–Crippen LogP) is -4.56. The molecule has 1 unspecified atom stereocenters. The van der Waals surface area contributed by atoms with Crippen LogP contribution in [-0.2, 0) is 0 Å². The Kier molecular flexibility index (Phi) is 5.25. The van der Waals surface area contributed by atoms with Gasteiger partial charge in [-0.3, -0.25) is 0 Å². The first-order valence-corrected chi connectivity index (χ1v) is 4.48. The van der Waals surface area contributed by atoms with Crippen LogP contribution in [0.5, 0.6) is 0 Å². The Labute approximate surface area is 84.2 Å². The number of hydrogen-bond donors (Lipinski definition) is 1. The van der Waals surface area contributed by atoms with Crippen molar-refractivity contribution in [2.45, 2.75) is 0 Å². The molecular formula is C6H8NNaOSi. The molecule has 0 fully saturated rings. The first-order chi connectivity index (χ1) is 4.30. The van der Waals surface area contributed by atoms with Gasteiger partial charge in [-0.1, -0.05) is 35.5 Å². The quantitative estimate of drug-likeness (QED) is 0.422. The van der Waals surface area contributed by atoms with Crippen LogP contribution in [-0.4, -0.2) is 9.20 Å². The van der Waals surface area contributed by atoms with E-state index >= 15 is 0 Å². The SMILES string of the molecule is N[SiH]([O-])c1ccccc1.[Na+]. The molecule has 0 aliphatic heterocycles. The minimum absolute atomic E-state index is 0. The molecule has 2 nitrogen and oxygen atoms in total. The molecule has 1 aromatic rings. The Morgan fingerprint density at radius 2 is 1.70 bits per heavy atom. The van der Waals surface area contributed by atoms with Crippen molar-refractivity contribution in [1.29, 1.82) is 0 Å². The summed E-state index contributed by atoms with van der Waals surface area (Å²) in [7, 11) is -2.28. The molecule has 0 aromatic heterocycles. The summed E-state index contributed by atoms with van der Waals surface area (Å²) < 4.78 is 0. The maximum Gasteiger partial charge on any atom is 1.00 e. The molecule has 0 heterocycles. The molecule has 0 spiro atoms.